The van der Waals surface area contributed by atoms with Crippen molar-refractivity contribution < 1.29 is 9.59 Å². The molecule has 0 aromatic heterocycles. The zero-order valence-electron chi connectivity index (χ0n) is 14.2. The largest absolute Gasteiger partial charge is 0.295 e. The third kappa shape index (κ3) is 5.70. The van der Waals surface area contributed by atoms with E-state index in [0.29, 0.717) is 10.6 Å². The number of carbonyl (C=O) groups excluding carboxylic acids is 2. The lowest BCUT2D eigenvalue weighted by molar-refractivity contribution is 0.100. The van der Waals surface area contributed by atoms with Gasteiger partial charge < -0.3 is 0 Å². The molecule has 0 spiro atoms. The van der Waals surface area contributed by atoms with Crippen LogP contribution in [0.25, 0.3) is 11.1 Å². The minimum atomic E-state index is 0.0664. The maximum Gasteiger partial charge on any atom is 0.159 e. The molecule has 0 N–H and O–H groups in total. The van der Waals surface area contributed by atoms with E-state index in [1.54, 1.807) is 31.2 Å². The SMILES string of the molecule is CC(=O)c1ccc(-c2ccccc2)cc1.CC(=O)c1ccc(Cl)cc1. The quantitative estimate of drug-likeness (QED) is 0.535. The van der Waals surface area contributed by atoms with Gasteiger partial charge in [-0.3, -0.25) is 9.59 Å². The van der Waals surface area contributed by atoms with Crippen molar-refractivity contribution >= 4 is 23.2 Å². The van der Waals surface area contributed by atoms with Crippen molar-refractivity contribution in [2.75, 3.05) is 0 Å². The molecule has 3 aromatic rings. The van der Waals surface area contributed by atoms with E-state index in [2.05, 4.69) is 12.1 Å². The summed E-state index contributed by atoms with van der Waals surface area (Å²) in [7, 11) is 0. The van der Waals surface area contributed by atoms with Crippen LogP contribution in [-0.4, -0.2) is 11.6 Å². The van der Waals surface area contributed by atoms with Gasteiger partial charge in [-0.05, 0) is 49.2 Å². The molecular weight excluding hydrogens is 332 g/mol. The summed E-state index contributed by atoms with van der Waals surface area (Å²) in [6, 6.07) is 24.7. The summed E-state index contributed by atoms with van der Waals surface area (Å²) in [4.78, 5) is 21.8. The Morgan fingerprint density at radius 1 is 0.600 bits per heavy atom. The summed E-state index contributed by atoms with van der Waals surface area (Å²) >= 11 is 5.61. The van der Waals surface area contributed by atoms with Crippen molar-refractivity contribution in [3.05, 3.63) is 95.0 Å². The van der Waals surface area contributed by atoms with Crippen LogP contribution in [0.5, 0.6) is 0 Å². The zero-order valence-corrected chi connectivity index (χ0v) is 15.0. The molecule has 0 aliphatic carbocycles. The van der Waals surface area contributed by atoms with Crippen LogP contribution in [0.2, 0.25) is 5.02 Å². The lowest BCUT2D eigenvalue weighted by atomic mass is 10.0. The van der Waals surface area contributed by atoms with Crippen molar-refractivity contribution in [1.82, 2.24) is 0 Å². The fraction of sp³-hybridized carbons (Fsp3) is 0.0909. The van der Waals surface area contributed by atoms with Gasteiger partial charge in [0.15, 0.2) is 11.6 Å². The standard InChI is InChI=1S/C14H12O.C8H7ClO/c1-11(15)12-7-9-14(10-8-12)13-5-3-2-4-6-13;1-6(10)7-2-4-8(9)5-3-7/h2-10H,1H3;2-5H,1H3. The first-order valence-electron chi connectivity index (χ1n) is 7.90. The first-order valence-corrected chi connectivity index (χ1v) is 8.28. The smallest absolute Gasteiger partial charge is 0.159 e. The van der Waals surface area contributed by atoms with Crippen LogP contribution in [0.3, 0.4) is 0 Å². The topological polar surface area (TPSA) is 34.1 Å². The number of Topliss-reactive ketones (excluding diaryl/α,β-unsaturated/α-hetero) is 2. The lowest BCUT2D eigenvalue weighted by Gasteiger charge is -2.01. The van der Waals surface area contributed by atoms with Gasteiger partial charge in [-0.2, -0.15) is 0 Å². The minimum Gasteiger partial charge on any atom is -0.295 e. The molecule has 0 heterocycles. The van der Waals surface area contributed by atoms with E-state index in [-0.39, 0.29) is 11.6 Å². The molecule has 0 saturated carbocycles. The molecule has 3 aromatic carbocycles. The number of rotatable bonds is 3. The van der Waals surface area contributed by atoms with E-state index in [4.69, 9.17) is 11.6 Å². The van der Waals surface area contributed by atoms with Gasteiger partial charge in [-0.1, -0.05) is 66.2 Å². The second kappa shape index (κ2) is 8.95. The van der Waals surface area contributed by atoms with E-state index >= 15 is 0 Å². The lowest BCUT2D eigenvalue weighted by Crippen LogP contribution is -1.90. The molecule has 0 aliphatic rings. The van der Waals surface area contributed by atoms with E-state index in [0.717, 1.165) is 11.1 Å². The highest BCUT2D eigenvalue weighted by Crippen LogP contribution is 2.19. The van der Waals surface area contributed by atoms with Crippen molar-refractivity contribution in [2.24, 2.45) is 0 Å². The molecule has 126 valence electrons. The van der Waals surface area contributed by atoms with Crippen LogP contribution < -0.4 is 0 Å². The average Bonchev–Trinajstić information content (AvgIpc) is 2.63. The highest BCUT2D eigenvalue weighted by atomic mass is 35.5. The highest BCUT2D eigenvalue weighted by Gasteiger charge is 2.00. The predicted octanol–water partition coefficient (Wildman–Crippen LogP) is 6.10. The number of ketones is 2. The predicted molar refractivity (Wildman–Crippen MR) is 103 cm³/mol. The molecule has 0 bridgehead atoms. The van der Waals surface area contributed by atoms with E-state index in [1.165, 1.54) is 12.5 Å². The molecule has 0 aliphatic heterocycles. The van der Waals surface area contributed by atoms with Crippen molar-refractivity contribution in [1.29, 1.82) is 0 Å². The van der Waals surface area contributed by atoms with Crippen LogP contribution in [-0.2, 0) is 0 Å². The van der Waals surface area contributed by atoms with Gasteiger partial charge in [0.1, 0.15) is 0 Å². The monoisotopic (exact) mass is 350 g/mol. The fourth-order valence-electron chi connectivity index (χ4n) is 2.21. The first-order chi connectivity index (χ1) is 12.0. The molecule has 0 fully saturated rings. The van der Waals surface area contributed by atoms with Gasteiger partial charge in [0.05, 0.1) is 0 Å². The van der Waals surface area contributed by atoms with Crippen molar-refractivity contribution in [3.8, 4) is 11.1 Å². The zero-order chi connectivity index (χ0) is 18.2. The molecule has 0 unspecified atom stereocenters. The average molecular weight is 351 g/mol. The molecule has 25 heavy (non-hydrogen) atoms. The summed E-state index contributed by atoms with van der Waals surface area (Å²) in [6.45, 7) is 3.11. The molecule has 0 amide bonds. The Kier molecular flexibility index (Phi) is 6.67. The minimum absolute atomic E-state index is 0.0664. The third-order valence-corrected chi connectivity index (χ3v) is 3.90. The van der Waals surface area contributed by atoms with Crippen LogP contribution in [0.15, 0.2) is 78.9 Å². The number of hydrogen-bond acceptors (Lipinski definition) is 2. The molecule has 3 rings (SSSR count). The normalized spacial score (nSPS) is 9.72. The summed E-state index contributed by atoms with van der Waals surface area (Å²) in [5.41, 5.74) is 3.77. The second-order valence-electron chi connectivity index (χ2n) is 5.56. The van der Waals surface area contributed by atoms with Gasteiger partial charge in [-0.25, -0.2) is 0 Å². The molecule has 0 radical (unpaired) electrons. The molecular formula is C22H19ClO2. The van der Waals surface area contributed by atoms with Crippen LogP contribution in [0.4, 0.5) is 0 Å². The molecule has 0 saturated heterocycles. The molecule has 2 nitrogen and oxygen atoms in total. The molecule has 3 heteroatoms. The Morgan fingerprint density at radius 2 is 1.00 bits per heavy atom. The van der Waals surface area contributed by atoms with Gasteiger partial charge >= 0.3 is 0 Å². The summed E-state index contributed by atoms with van der Waals surface area (Å²) in [5, 5.41) is 0.657. The molecule has 0 atom stereocenters. The number of halogens is 1. The van der Waals surface area contributed by atoms with Crippen LogP contribution in [0.1, 0.15) is 34.6 Å². The van der Waals surface area contributed by atoms with Crippen LogP contribution >= 0.6 is 11.6 Å². The van der Waals surface area contributed by atoms with E-state index < -0.39 is 0 Å². The summed E-state index contributed by atoms with van der Waals surface area (Å²) in [5.74, 6) is 0.172. The first kappa shape index (κ1) is 18.6. The van der Waals surface area contributed by atoms with E-state index in [1.807, 2.05) is 42.5 Å². The Hall–Kier alpha value is -2.71. The fourth-order valence-corrected chi connectivity index (χ4v) is 2.34. The highest BCUT2D eigenvalue weighted by molar-refractivity contribution is 6.30. The maximum atomic E-state index is 11.1. The van der Waals surface area contributed by atoms with Gasteiger partial charge in [0.25, 0.3) is 0 Å². The number of carbonyl (C=O) groups is 2. The Labute approximate surface area is 153 Å². The third-order valence-electron chi connectivity index (χ3n) is 3.65. The Bertz CT molecular complexity index is 835. The van der Waals surface area contributed by atoms with Gasteiger partial charge in [-0.15, -0.1) is 0 Å². The van der Waals surface area contributed by atoms with Crippen molar-refractivity contribution in [3.63, 3.8) is 0 Å². The van der Waals surface area contributed by atoms with Crippen LogP contribution in [0, 0.1) is 0 Å². The second-order valence-corrected chi connectivity index (χ2v) is 6.00. The summed E-state index contributed by atoms with van der Waals surface area (Å²) in [6.07, 6.45) is 0. The maximum absolute atomic E-state index is 11.1. The van der Waals surface area contributed by atoms with Gasteiger partial charge in [0.2, 0.25) is 0 Å². The van der Waals surface area contributed by atoms with Gasteiger partial charge in [0, 0.05) is 16.1 Å². The number of benzene rings is 3. The Balaban J connectivity index is 0.000000196. The Morgan fingerprint density at radius 3 is 1.44 bits per heavy atom. The van der Waals surface area contributed by atoms with Crippen molar-refractivity contribution in [2.45, 2.75) is 13.8 Å². The number of hydrogen-bond donors (Lipinski definition) is 0. The van der Waals surface area contributed by atoms with E-state index in [9.17, 15) is 9.59 Å². The summed E-state index contributed by atoms with van der Waals surface area (Å²) < 4.78 is 0.